The number of ketones is 1. The molecule has 0 N–H and O–H groups in total. The lowest BCUT2D eigenvalue weighted by atomic mass is 10.1. The van der Waals surface area contributed by atoms with Gasteiger partial charge in [-0.05, 0) is 57.6 Å². The molecule has 0 aromatic heterocycles. The van der Waals surface area contributed by atoms with Crippen molar-refractivity contribution in [1.29, 1.82) is 0 Å². The number of halogens is 4. The average molecular weight is 375 g/mol. The van der Waals surface area contributed by atoms with Crippen LogP contribution < -0.4 is 0 Å². The topological polar surface area (TPSA) is 17.1 Å². The van der Waals surface area contributed by atoms with Crippen LogP contribution in [0.15, 0.2) is 16.6 Å². The molecule has 1 aromatic rings. The van der Waals surface area contributed by atoms with Gasteiger partial charge in [0.15, 0.2) is 5.78 Å². The van der Waals surface area contributed by atoms with Crippen LogP contribution in [-0.4, -0.2) is 5.78 Å². The summed E-state index contributed by atoms with van der Waals surface area (Å²) in [5, 5.41) is 0. The van der Waals surface area contributed by atoms with Crippen molar-refractivity contribution in [2.24, 2.45) is 0 Å². The number of carbonyl (C=O) groups is 1. The molecular weight excluding hydrogens is 369 g/mol. The van der Waals surface area contributed by atoms with Crippen molar-refractivity contribution in [3.63, 3.8) is 0 Å². The van der Waals surface area contributed by atoms with Crippen molar-refractivity contribution < 1.29 is 13.6 Å². The normalized spacial score (nSPS) is 10.7. The Hall–Kier alpha value is -0.0400. The van der Waals surface area contributed by atoms with E-state index < -0.39 is 6.43 Å². The van der Waals surface area contributed by atoms with Gasteiger partial charge >= 0.3 is 0 Å². The minimum Gasteiger partial charge on any atom is -0.294 e. The summed E-state index contributed by atoms with van der Waals surface area (Å²) in [5.74, 6) is -0.137. The zero-order valence-corrected chi connectivity index (χ0v) is 10.9. The SMILES string of the molecule is CC(=O)c1c(Br)cc(C(F)F)cc1I. The highest BCUT2D eigenvalue weighted by atomic mass is 127. The standard InChI is InChI=1S/C9H6BrF2IO/c1-4(14)8-6(10)2-5(9(11)12)3-7(8)13/h2-3,9H,1H3. The zero-order chi connectivity index (χ0) is 10.9. The Kier molecular flexibility index (Phi) is 4.00. The van der Waals surface area contributed by atoms with Crippen molar-refractivity contribution in [1.82, 2.24) is 0 Å². The first-order chi connectivity index (χ1) is 6.43. The third kappa shape index (κ3) is 2.50. The Bertz CT molecular complexity index is 356. The molecule has 0 atom stereocenters. The van der Waals surface area contributed by atoms with Crippen molar-refractivity contribution in [3.8, 4) is 0 Å². The summed E-state index contributed by atoms with van der Waals surface area (Å²) in [6, 6.07) is 2.61. The number of hydrogen-bond acceptors (Lipinski definition) is 1. The van der Waals surface area contributed by atoms with Crippen LogP contribution >= 0.6 is 38.5 Å². The fourth-order valence-electron chi connectivity index (χ4n) is 1.06. The molecule has 0 aliphatic carbocycles. The van der Waals surface area contributed by atoms with E-state index in [2.05, 4.69) is 15.9 Å². The Morgan fingerprint density at radius 3 is 2.43 bits per heavy atom. The second-order valence-electron chi connectivity index (χ2n) is 2.72. The predicted octanol–water partition coefficient (Wildman–Crippen LogP) is 4.19. The largest absolute Gasteiger partial charge is 0.294 e. The van der Waals surface area contributed by atoms with E-state index in [0.29, 0.717) is 13.6 Å². The molecule has 0 amide bonds. The first-order valence-corrected chi connectivity index (χ1v) is 5.58. The molecule has 14 heavy (non-hydrogen) atoms. The third-order valence-corrected chi connectivity index (χ3v) is 3.14. The Morgan fingerprint density at radius 2 is 2.07 bits per heavy atom. The van der Waals surface area contributed by atoms with Gasteiger partial charge in [0.05, 0.1) is 0 Å². The molecule has 0 fully saturated rings. The molecule has 1 nitrogen and oxygen atoms in total. The predicted molar refractivity (Wildman–Crippen MR) is 61.8 cm³/mol. The van der Waals surface area contributed by atoms with Crippen LogP contribution in [-0.2, 0) is 0 Å². The number of rotatable bonds is 2. The third-order valence-electron chi connectivity index (χ3n) is 1.67. The molecule has 0 aliphatic rings. The van der Waals surface area contributed by atoms with E-state index in [9.17, 15) is 13.6 Å². The van der Waals surface area contributed by atoms with E-state index in [-0.39, 0.29) is 11.3 Å². The maximum Gasteiger partial charge on any atom is 0.263 e. The average Bonchev–Trinajstić information content (AvgIpc) is 2.01. The molecule has 76 valence electrons. The number of hydrogen-bond donors (Lipinski definition) is 0. The minimum atomic E-state index is -2.51. The Morgan fingerprint density at radius 1 is 1.50 bits per heavy atom. The summed E-state index contributed by atoms with van der Waals surface area (Å²) in [5.41, 5.74) is 0.376. The van der Waals surface area contributed by atoms with Crippen molar-refractivity contribution in [3.05, 3.63) is 31.3 Å². The first-order valence-electron chi connectivity index (χ1n) is 3.71. The van der Waals surface area contributed by atoms with Gasteiger partial charge in [0.2, 0.25) is 0 Å². The highest BCUT2D eigenvalue weighted by Crippen LogP contribution is 2.29. The quantitative estimate of drug-likeness (QED) is 0.560. The highest BCUT2D eigenvalue weighted by Gasteiger charge is 2.15. The summed E-state index contributed by atoms with van der Waals surface area (Å²) in [4.78, 5) is 11.1. The smallest absolute Gasteiger partial charge is 0.263 e. The van der Waals surface area contributed by atoms with Gasteiger partial charge in [0, 0.05) is 19.2 Å². The number of alkyl halides is 2. The maximum atomic E-state index is 12.4. The molecule has 1 rings (SSSR count). The summed E-state index contributed by atoms with van der Waals surface area (Å²) in [7, 11) is 0. The molecule has 0 bridgehead atoms. The monoisotopic (exact) mass is 374 g/mol. The molecule has 0 unspecified atom stereocenters. The molecule has 0 saturated heterocycles. The first kappa shape index (κ1) is 12.0. The lowest BCUT2D eigenvalue weighted by Crippen LogP contribution is -1.99. The molecule has 5 heteroatoms. The second kappa shape index (κ2) is 4.65. The van der Waals surface area contributed by atoms with Gasteiger partial charge in [0.25, 0.3) is 6.43 Å². The summed E-state index contributed by atoms with van der Waals surface area (Å²) in [6.45, 7) is 1.41. The maximum absolute atomic E-state index is 12.4. The highest BCUT2D eigenvalue weighted by molar-refractivity contribution is 14.1. The minimum absolute atomic E-state index is 0.0775. The van der Waals surface area contributed by atoms with Gasteiger partial charge < -0.3 is 0 Å². The Labute approximate surface area is 102 Å². The van der Waals surface area contributed by atoms with Crippen LogP contribution in [0.25, 0.3) is 0 Å². The molecule has 0 spiro atoms. The molecule has 0 radical (unpaired) electrons. The van der Waals surface area contributed by atoms with Crippen LogP contribution in [0.5, 0.6) is 0 Å². The summed E-state index contributed by atoms with van der Waals surface area (Å²) in [6.07, 6.45) is -2.51. The van der Waals surface area contributed by atoms with Crippen LogP contribution in [0.4, 0.5) is 8.78 Å². The van der Waals surface area contributed by atoms with Crippen LogP contribution in [0, 0.1) is 3.57 Å². The molecular formula is C9H6BrF2IO. The molecule has 0 aliphatic heterocycles. The van der Waals surface area contributed by atoms with E-state index >= 15 is 0 Å². The number of benzene rings is 1. The fourth-order valence-corrected chi connectivity index (χ4v) is 3.21. The number of carbonyl (C=O) groups excluding carboxylic acids is 1. The molecule has 0 saturated carbocycles. The Balaban J connectivity index is 3.32. The van der Waals surface area contributed by atoms with E-state index in [4.69, 9.17) is 0 Å². The van der Waals surface area contributed by atoms with E-state index in [1.165, 1.54) is 19.1 Å². The summed E-state index contributed by atoms with van der Waals surface area (Å²) < 4.78 is 25.7. The van der Waals surface area contributed by atoms with E-state index in [1.807, 2.05) is 22.6 Å². The van der Waals surface area contributed by atoms with Gasteiger partial charge in [-0.1, -0.05) is 0 Å². The lowest BCUT2D eigenvalue weighted by molar-refractivity contribution is 0.101. The van der Waals surface area contributed by atoms with Gasteiger partial charge in [-0.25, -0.2) is 8.78 Å². The van der Waals surface area contributed by atoms with Gasteiger partial charge in [-0.2, -0.15) is 0 Å². The lowest BCUT2D eigenvalue weighted by Gasteiger charge is -2.07. The van der Waals surface area contributed by atoms with Crippen molar-refractivity contribution in [2.45, 2.75) is 13.3 Å². The number of Topliss-reactive ketones (excluding diaryl/α,β-unsaturated/α-hetero) is 1. The van der Waals surface area contributed by atoms with Crippen LogP contribution in [0.3, 0.4) is 0 Å². The van der Waals surface area contributed by atoms with Gasteiger partial charge in [-0.15, -0.1) is 0 Å². The zero-order valence-electron chi connectivity index (χ0n) is 7.15. The molecule has 0 heterocycles. The fraction of sp³-hybridized carbons (Fsp3) is 0.222. The van der Waals surface area contributed by atoms with Crippen LogP contribution in [0.2, 0.25) is 0 Å². The van der Waals surface area contributed by atoms with Gasteiger partial charge in [0.1, 0.15) is 0 Å². The summed E-state index contributed by atoms with van der Waals surface area (Å²) >= 11 is 4.98. The van der Waals surface area contributed by atoms with Crippen molar-refractivity contribution in [2.75, 3.05) is 0 Å². The van der Waals surface area contributed by atoms with E-state index in [1.54, 1.807) is 0 Å². The van der Waals surface area contributed by atoms with Crippen LogP contribution in [0.1, 0.15) is 29.3 Å². The van der Waals surface area contributed by atoms with Gasteiger partial charge in [-0.3, -0.25) is 4.79 Å². The van der Waals surface area contributed by atoms with Crippen molar-refractivity contribution >= 4 is 44.3 Å². The second-order valence-corrected chi connectivity index (χ2v) is 4.73. The molecule has 1 aromatic carbocycles. The van der Waals surface area contributed by atoms with E-state index in [0.717, 1.165) is 0 Å².